The number of aromatic nitrogens is 1. The Balaban J connectivity index is 2.93. The van der Waals surface area contributed by atoms with Crippen LogP contribution in [0, 0.1) is 5.92 Å². The van der Waals surface area contributed by atoms with E-state index in [1.54, 1.807) is 0 Å². The van der Waals surface area contributed by atoms with Crippen LogP contribution in [0.25, 0.3) is 0 Å². The zero-order valence-electron chi connectivity index (χ0n) is 11.0. The third-order valence-corrected chi connectivity index (χ3v) is 2.72. The molecule has 0 saturated heterocycles. The van der Waals surface area contributed by atoms with Gasteiger partial charge < -0.3 is 10.2 Å². The predicted molar refractivity (Wildman–Crippen MR) is 69.8 cm³/mol. The molecule has 1 rings (SSSR count). The molecule has 0 saturated carbocycles. The number of nitrogens with zero attached hydrogens (tertiary/aromatic N) is 2. The molecule has 1 heterocycles. The smallest absolute Gasteiger partial charge is 0.133 e. The first-order chi connectivity index (χ1) is 7.56. The van der Waals surface area contributed by atoms with E-state index in [1.807, 2.05) is 19.3 Å². The topological polar surface area (TPSA) is 28.2 Å². The summed E-state index contributed by atoms with van der Waals surface area (Å²) in [7, 11) is 4.08. The maximum Gasteiger partial charge on any atom is 0.133 e. The fourth-order valence-electron chi connectivity index (χ4n) is 1.86. The number of nitrogens with one attached hydrogen (secondary N) is 1. The summed E-state index contributed by atoms with van der Waals surface area (Å²) in [6.07, 6.45) is 1.86. The monoisotopic (exact) mass is 221 g/mol. The first-order valence-corrected chi connectivity index (χ1v) is 5.89. The third-order valence-electron chi connectivity index (χ3n) is 2.72. The first kappa shape index (κ1) is 13.0. The molecule has 0 spiro atoms. The van der Waals surface area contributed by atoms with Crippen LogP contribution in [-0.2, 0) is 0 Å². The van der Waals surface area contributed by atoms with Crippen molar-refractivity contribution in [1.82, 2.24) is 10.3 Å². The lowest BCUT2D eigenvalue weighted by Gasteiger charge is -2.25. The van der Waals surface area contributed by atoms with Gasteiger partial charge in [0.25, 0.3) is 0 Å². The number of rotatable bonds is 5. The van der Waals surface area contributed by atoms with Crippen LogP contribution in [0.4, 0.5) is 5.82 Å². The molecule has 3 heteroatoms. The maximum atomic E-state index is 4.49. The minimum atomic E-state index is 0.332. The highest BCUT2D eigenvalue weighted by atomic mass is 15.2. The Hall–Kier alpha value is -1.09. The second-order valence-corrected chi connectivity index (χ2v) is 4.70. The summed E-state index contributed by atoms with van der Waals surface area (Å²) in [5.41, 5.74) is 1.26. The van der Waals surface area contributed by atoms with E-state index in [9.17, 15) is 0 Å². The van der Waals surface area contributed by atoms with Crippen molar-refractivity contribution in [1.29, 1.82) is 0 Å². The second kappa shape index (κ2) is 5.85. The average Bonchev–Trinajstić information content (AvgIpc) is 2.27. The molecule has 1 aromatic rings. The molecule has 3 nitrogen and oxygen atoms in total. The molecule has 0 fully saturated rings. The highest BCUT2D eigenvalue weighted by Crippen LogP contribution is 2.23. The van der Waals surface area contributed by atoms with Crippen LogP contribution < -0.4 is 10.2 Å². The SMILES string of the molecule is CNC(C)c1cccnc1N(C)CC(C)C. The second-order valence-electron chi connectivity index (χ2n) is 4.70. The zero-order chi connectivity index (χ0) is 12.1. The Morgan fingerprint density at radius 1 is 1.38 bits per heavy atom. The summed E-state index contributed by atoms with van der Waals surface area (Å²) in [6.45, 7) is 7.63. The number of pyridine rings is 1. The van der Waals surface area contributed by atoms with Crippen molar-refractivity contribution >= 4 is 5.82 Å². The fourth-order valence-corrected chi connectivity index (χ4v) is 1.86. The molecule has 0 aliphatic rings. The van der Waals surface area contributed by atoms with E-state index in [0.717, 1.165) is 12.4 Å². The van der Waals surface area contributed by atoms with E-state index in [2.05, 4.69) is 49.1 Å². The van der Waals surface area contributed by atoms with Crippen LogP contribution in [-0.4, -0.2) is 25.6 Å². The molecule has 0 amide bonds. The Labute approximate surface area is 98.9 Å². The molecular weight excluding hydrogens is 198 g/mol. The molecule has 1 unspecified atom stereocenters. The molecule has 0 radical (unpaired) electrons. The lowest BCUT2D eigenvalue weighted by molar-refractivity contribution is 0.617. The van der Waals surface area contributed by atoms with Gasteiger partial charge in [-0.15, -0.1) is 0 Å². The van der Waals surface area contributed by atoms with Gasteiger partial charge in [0.15, 0.2) is 0 Å². The molecule has 1 aromatic heterocycles. The van der Waals surface area contributed by atoms with Gasteiger partial charge in [0.2, 0.25) is 0 Å². The summed E-state index contributed by atoms with van der Waals surface area (Å²) in [5, 5.41) is 3.26. The van der Waals surface area contributed by atoms with Crippen LogP contribution in [0.15, 0.2) is 18.3 Å². The molecule has 1 N–H and O–H groups in total. The van der Waals surface area contributed by atoms with Crippen molar-refractivity contribution in [3.63, 3.8) is 0 Å². The molecular formula is C13H23N3. The average molecular weight is 221 g/mol. The Kier molecular flexibility index (Phi) is 4.74. The van der Waals surface area contributed by atoms with E-state index in [-0.39, 0.29) is 0 Å². The number of hydrogen-bond acceptors (Lipinski definition) is 3. The van der Waals surface area contributed by atoms with Crippen LogP contribution in [0.1, 0.15) is 32.4 Å². The van der Waals surface area contributed by atoms with Crippen LogP contribution in [0.5, 0.6) is 0 Å². The van der Waals surface area contributed by atoms with Gasteiger partial charge in [0.1, 0.15) is 5.82 Å². The largest absolute Gasteiger partial charge is 0.359 e. The molecule has 0 bridgehead atoms. The van der Waals surface area contributed by atoms with Crippen molar-refractivity contribution in [3.8, 4) is 0 Å². The molecule has 90 valence electrons. The van der Waals surface area contributed by atoms with E-state index in [0.29, 0.717) is 12.0 Å². The summed E-state index contributed by atoms with van der Waals surface area (Å²) in [5.74, 6) is 1.72. The minimum absolute atomic E-state index is 0.332. The third kappa shape index (κ3) is 3.20. The van der Waals surface area contributed by atoms with E-state index < -0.39 is 0 Å². The lowest BCUT2D eigenvalue weighted by atomic mass is 10.1. The normalized spacial score (nSPS) is 12.9. The van der Waals surface area contributed by atoms with Gasteiger partial charge in [-0.25, -0.2) is 4.98 Å². The van der Waals surface area contributed by atoms with Crippen LogP contribution in [0.3, 0.4) is 0 Å². The highest BCUT2D eigenvalue weighted by molar-refractivity contribution is 5.47. The van der Waals surface area contributed by atoms with Gasteiger partial charge in [-0.1, -0.05) is 19.9 Å². The zero-order valence-corrected chi connectivity index (χ0v) is 11.0. The molecule has 16 heavy (non-hydrogen) atoms. The molecule has 0 aliphatic heterocycles. The molecule has 0 aromatic carbocycles. The Morgan fingerprint density at radius 3 is 2.62 bits per heavy atom. The predicted octanol–water partition coefficient (Wildman–Crippen LogP) is 2.45. The Morgan fingerprint density at radius 2 is 2.06 bits per heavy atom. The molecule has 1 atom stereocenters. The van der Waals surface area contributed by atoms with Gasteiger partial charge in [-0.2, -0.15) is 0 Å². The quantitative estimate of drug-likeness (QED) is 0.828. The van der Waals surface area contributed by atoms with Crippen molar-refractivity contribution in [2.45, 2.75) is 26.8 Å². The lowest BCUT2D eigenvalue weighted by Crippen LogP contribution is -2.26. The van der Waals surface area contributed by atoms with Crippen molar-refractivity contribution in [3.05, 3.63) is 23.9 Å². The van der Waals surface area contributed by atoms with E-state index in [4.69, 9.17) is 0 Å². The summed E-state index contributed by atoms with van der Waals surface area (Å²) < 4.78 is 0. The number of hydrogen-bond donors (Lipinski definition) is 1. The molecule has 0 aliphatic carbocycles. The highest BCUT2D eigenvalue weighted by Gasteiger charge is 2.13. The number of anilines is 1. The van der Waals surface area contributed by atoms with Crippen LogP contribution in [0.2, 0.25) is 0 Å². The minimum Gasteiger partial charge on any atom is -0.359 e. The van der Waals surface area contributed by atoms with Crippen molar-refractivity contribution in [2.24, 2.45) is 5.92 Å². The summed E-state index contributed by atoms with van der Waals surface area (Å²) in [6, 6.07) is 4.47. The summed E-state index contributed by atoms with van der Waals surface area (Å²) in [4.78, 5) is 6.72. The van der Waals surface area contributed by atoms with Gasteiger partial charge in [-0.05, 0) is 26.0 Å². The van der Waals surface area contributed by atoms with Gasteiger partial charge in [0.05, 0.1) is 0 Å². The van der Waals surface area contributed by atoms with Crippen LogP contribution >= 0.6 is 0 Å². The van der Waals surface area contributed by atoms with Gasteiger partial charge >= 0.3 is 0 Å². The van der Waals surface area contributed by atoms with Crippen molar-refractivity contribution in [2.75, 3.05) is 25.5 Å². The maximum absolute atomic E-state index is 4.49. The van der Waals surface area contributed by atoms with Crippen molar-refractivity contribution < 1.29 is 0 Å². The standard InChI is InChI=1S/C13H23N3/c1-10(2)9-16(5)13-12(11(3)14-4)7-6-8-15-13/h6-8,10-11,14H,9H2,1-5H3. The fraction of sp³-hybridized carbons (Fsp3) is 0.615. The Bertz CT molecular complexity index is 323. The first-order valence-electron chi connectivity index (χ1n) is 5.89. The van der Waals surface area contributed by atoms with Gasteiger partial charge in [0, 0.05) is 31.4 Å². The van der Waals surface area contributed by atoms with E-state index in [1.165, 1.54) is 5.56 Å². The summed E-state index contributed by atoms with van der Waals surface area (Å²) >= 11 is 0. The van der Waals surface area contributed by atoms with Gasteiger partial charge in [-0.3, -0.25) is 0 Å². The van der Waals surface area contributed by atoms with E-state index >= 15 is 0 Å².